The molecule has 0 amide bonds. The number of aryl methyl sites for hydroxylation is 2. The molecule has 0 aliphatic heterocycles. The minimum absolute atomic E-state index is 0.697. The highest BCUT2D eigenvalue weighted by Crippen LogP contribution is 2.25. The summed E-state index contributed by atoms with van der Waals surface area (Å²) in [7, 11) is 0. The van der Waals surface area contributed by atoms with Crippen molar-refractivity contribution in [1.29, 1.82) is 0 Å². The molecule has 0 saturated heterocycles. The van der Waals surface area contributed by atoms with Crippen LogP contribution in [0.15, 0.2) is 24.8 Å². The standard InChI is InChI=1S/C15H21O/c1-6-7-14-8-12(4)15(13(5)9-14)16-10-11(2)3/h6,8-9H,1,7,10H2,2-5H3. The Labute approximate surface area is 99.1 Å². The molecular formula is C15H21O. The van der Waals surface area contributed by atoms with E-state index in [-0.39, 0.29) is 0 Å². The summed E-state index contributed by atoms with van der Waals surface area (Å²) in [6, 6.07) is 4.35. The van der Waals surface area contributed by atoms with Gasteiger partial charge in [-0.15, -0.1) is 6.58 Å². The van der Waals surface area contributed by atoms with E-state index in [1.165, 1.54) is 22.6 Å². The Hall–Kier alpha value is -1.24. The smallest absolute Gasteiger partial charge is 0.125 e. The Bertz CT molecular complexity index is 341. The second-order valence-corrected chi connectivity index (χ2v) is 4.55. The van der Waals surface area contributed by atoms with Gasteiger partial charge in [0.1, 0.15) is 5.75 Å². The molecule has 0 aliphatic rings. The van der Waals surface area contributed by atoms with Gasteiger partial charge in [-0.2, -0.15) is 0 Å². The van der Waals surface area contributed by atoms with Gasteiger partial charge in [0.15, 0.2) is 0 Å². The zero-order valence-corrected chi connectivity index (χ0v) is 10.8. The fourth-order valence-corrected chi connectivity index (χ4v) is 1.77. The molecule has 0 fully saturated rings. The summed E-state index contributed by atoms with van der Waals surface area (Å²) in [6.45, 7) is 12.8. The maximum absolute atomic E-state index is 5.80. The highest BCUT2D eigenvalue weighted by Gasteiger charge is 2.06. The van der Waals surface area contributed by atoms with E-state index < -0.39 is 0 Å². The van der Waals surface area contributed by atoms with Crippen LogP contribution in [-0.4, -0.2) is 6.61 Å². The summed E-state index contributed by atoms with van der Waals surface area (Å²) in [6.07, 6.45) is 2.85. The second-order valence-electron chi connectivity index (χ2n) is 4.55. The van der Waals surface area contributed by atoms with Crippen molar-refractivity contribution in [2.24, 2.45) is 0 Å². The third-order valence-electron chi connectivity index (χ3n) is 2.41. The van der Waals surface area contributed by atoms with E-state index in [1.54, 1.807) is 0 Å². The van der Waals surface area contributed by atoms with Gasteiger partial charge < -0.3 is 4.74 Å². The van der Waals surface area contributed by atoms with Gasteiger partial charge in [-0.25, -0.2) is 0 Å². The summed E-state index contributed by atoms with van der Waals surface area (Å²) in [5, 5.41) is 0. The van der Waals surface area contributed by atoms with E-state index in [4.69, 9.17) is 4.74 Å². The van der Waals surface area contributed by atoms with Crippen LogP contribution in [0.25, 0.3) is 0 Å². The lowest BCUT2D eigenvalue weighted by Gasteiger charge is -2.14. The summed E-state index contributed by atoms with van der Waals surface area (Å²) in [5.41, 5.74) is 3.71. The zero-order valence-electron chi connectivity index (χ0n) is 10.8. The van der Waals surface area contributed by atoms with Crippen molar-refractivity contribution in [1.82, 2.24) is 0 Å². The monoisotopic (exact) mass is 217 g/mol. The SMILES string of the molecule is C=CCc1cc(C)c(OC[C](C)C)c(C)c1. The molecule has 1 radical (unpaired) electrons. The molecule has 0 aliphatic carbocycles. The molecule has 87 valence electrons. The lowest BCUT2D eigenvalue weighted by molar-refractivity contribution is 0.328. The van der Waals surface area contributed by atoms with E-state index in [0.29, 0.717) is 6.61 Å². The molecule has 1 aromatic carbocycles. The summed E-state index contributed by atoms with van der Waals surface area (Å²) < 4.78 is 5.80. The summed E-state index contributed by atoms with van der Waals surface area (Å²) >= 11 is 0. The second kappa shape index (κ2) is 5.74. The Kier molecular flexibility index (Phi) is 4.60. The fourth-order valence-electron chi connectivity index (χ4n) is 1.77. The molecular weight excluding hydrogens is 196 g/mol. The van der Waals surface area contributed by atoms with Crippen LogP contribution in [0, 0.1) is 19.8 Å². The first-order valence-corrected chi connectivity index (χ1v) is 5.67. The average Bonchev–Trinajstić information content (AvgIpc) is 2.16. The first kappa shape index (κ1) is 12.8. The maximum Gasteiger partial charge on any atom is 0.125 e. The van der Waals surface area contributed by atoms with Crippen LogP contribution in [-0.2, 0) is 6.42 Å². The van der Waals surface area contributed by atoms with Crippen LogP contribution in [0.2, 0.25) is 0 Å². The molecule has 0 unspecified atom stereocenters. The predicted octanol–water partition coefficient (Wildman–Crippen LogP) is 4.03. The number of benzene rings is 1. The van der Waals surface area contributed by atoms with E-state index in [0.717, 1.165) is 12.2 Å². The van der Waals surface area contributed by atoms with Crippen molar-refractivity contribution >= 4 is 0 Å². The van der Waals surface area contributed by atoms with Crippen molar-refractivity contribution in [2.45, 2.75) is 34.1 Å². The number of rotatable bonds is 5. The topological polar surface area (TPSA) is 9.23 Å². The van der Waals surface area contributed by atoms with Gasteiger partial charge in [0.25, 0.3) is 0 Å². The summed E-state index contributed by atoms with van der Waals surface area (Å²) in [5.74, 6) is 2.31. The van der Waals surface area contributed by atoms with E-state index in [9.17, 15) is 0 Å². The van der Waals surface area contributed by atoms with Crippen LogP contribution in [0.5, 0.6) is 5.75 Å². The van der Waals surface area contributed by atoms with Crippen molar-refractivity contribution in [3.63, 3.8) is 0 Å². The van der Waals surface area contributed by atoms with Gasteiger partial charge in [0.2, 0.25) is 0 Å². The normalized spacial score (nSPS) is 10.6. The third-order valence-corrected chi connectivity index (χ3v) is 2.41. The van der Waals surface area contributed by atoms with Crippen LogP contribution >= 0.6 is 0 Å². The average molecular weight is 217 g/mol. The molecule has 0 saturated carbocycles. The molecule has 0 spiro atoms. The van der Waals surface area contributed by atoms with Gasteiger partial charge in [0, 0.05) is 5.92 Å². The molecule has 0 bridgehead atoms. The van der Waals surface area contributed by atoms with E-state index >= 15 is 0 Å². The highest BCUT2D eigenvalue weighted by molar-refractivity contribution is 5.43. The number of allylic oxidation sites excluding steroid dienone is 1. The largest absolute Gasteiger partial charge is 0.492 e. The predicted molar refractivity (Wildman–Crippen MR) is 69.9 cm³/mol. The molecule has 0 heterocycles. The molecule has 1 aromatic rings. The molecule has 1 rings (SSSR count). The first-order chi connectivity index (χ1) is 7.54. The fraction of sp³-hybridized carbons (Fsp3) is 0.400. The van der Waals surface area contributed by atoms with Gasteiger partial charge in [-0.1, -0.05) is 32.1 Å². The Morgan fingerprint density at radius 3 is 2.25 bits per heavy atom. The van der Waals surface area contributed by atoms with Crippen LogP contribution in [0.4, 0.5) is 0 Å². The van der Waals surface area contributed by atoms with Gasteiger partial charge >= 0.3 is 0 Å². The molecule has 16 heavy (non-hydrogen) atoms. The van der Waals surface area contributed by atoms with Crippen molar-refractivity contribution < 1.29 is 4.74 Å². The lowest BCUT2D eigenvalue weighted by Crippen LogP contribution is -2.05. The Morgan fingerprint density at radius 1 is 1.25 bits per heavy atom. The molecule has 1 heteroatoms. The van der Waals surface area contributed by atoms with Gasteiger partial charge in [-0.3, -0.25) is 0 Å². The van der Waals surface area contributed by atoms with Crippen molar-refractivity contribution in [3.05, 3.63) is 47.4 Å². The minimum Gasteiger partial charge on any atom is -0.492 e. The Morgan fingerprint density at radius 2 is 1.81 bits per heavy atom. The lowest BCUT2D eigenvalue weighted by atomic mass is 10.0. The van der Waals surface area contributed by atoms with E-state index in [1.807, 2.05) is 6.08 Å². The van der Waals surface area contributed by atoms with E-state index in [2.05, 4.69) is 46.4 Å². The molecule has 1 nitrogen and oxygen atoms in total. The first-order valence-electron chi connectivity index (χ1n) is 5.67. The zero-order chi connectivity index (χ0) is 12.1. The highest BCUT2D eigenvalue weighted by atomic mass is 16.5. The third kappa shape index (κ3) is 3.41. The number of hydrogen-bond acceptors (Lipinski definition) is 1. The summed E-state index contributed by atoms with van der Waals surface area (Å²) in [4.78, 5) is 0. The Balaban J connectivity index is 2.89. The van der Waals surface area contributed by atoms with Crippen LogP contribution < -0.4 is 4.74 Å². The van der Waals surface area contributed by atoms with Gasteiger partial charge in [0.05, 0.1) is 6.61 Å². The number of hydrogen-bond donors (Lipinski definition) is 0. The van der Waals surface area contributed by atoms with Crippen LogP contribution in [0.1, 0.15) is 30.5 Å². The molecule has 0 aromatic heterocycles. The molecule has 0 atom stereocenters. The minimum atomic E-state index is 0.697. The number of ether oxygens (including phenoxy) is 1. The van der Waals surface area contributed by atoms with Crippen LogP contribution in [0.3, 0.4) is 0 Å². The van der Waals surface area contributed by atoms with Gasteiger partial charge in [-0.05, 0) is 37.0 Å². The molecule has 0 N–H and O–H groups in total. The quantitative estimate of drug-likeness (QED) is 0.677. The van der Waals surface area contributed by atoms with Crippen molar-refractivity contribution in [2.75, 3.05) is 6.61 Å². The maximum atomic E-state index is 5.80. The van der Waals surface area contributed by atoms with Crippen molar-refractivity contribution in [3.8, 4) is 5.75 Å².